The number of isocyanates is 2. The highest BCUT2D eigenvalue weighted by Gasteiger charge is 2.33. The lowest BCUT2D eigenvalue weighted by Gasteiger charge is -2.28. The molecule has 1 rings (SSSR count). The Morgan fingerprint density at radius 1 is 1.46 bits per heavy atom. The molecule has 0 aromatic heterocycles. The van der Waals surface area contributed by atoms with Gasteiger partial charge < -0.3 is 0 Å². The zero-order chi connectivity index (χ0) is 9.73. The van der Waals surface area contributed by atoms with E-state index in [2.05, 4.69) is 9.98 Å². The smallest absolute Gasteiger partial charge is 0.211 e. The van der Waals surface area contributed by atoms with Gasteiger partial charge in [-0.25, -0.2) is 9.59 Å². The van der Waals surface area contributed by atoms with Crippen LogP contribution in [0.2, 0.25) is 0 Å². The summed E-state index contributed by atoms with van der Waals surface area (Å²) >= 11 is 0. The van der Waals surface area contributed by atoms with Crippen LogP contribution in [0.1, 0.15) is 19.8 Å². The first-order chi connectivity index (χ1) is 6.23. The fraction of sp³-hybridized carbons (Fsp3) is 0.556. The highest BCUT2D eigenvalue weighted by atomic mass is 16.1. The van der Waals surface area contributed by atoms with E-state index in [0.717, 1.165) is 6.42 Å². The number of allylic oxidation sites excluding steroid dienone is 1. The number of hydrogen-bond donors (Lipinski definition) is 0. The van der Waals surface area contributed by atoms with Gasteiger partial charge in [-0.2, -0.15) is 9.98 Å². The Kier molecular flexibility index (Phi) is 2.91. The number of aliphatic imine (C=N–C) groups is 2. The van der Waals surface area contributed by atoms with Crippen molar-refractivity contribution in [2.75, 3.05) is 0 Å². The van der Waals surface area contributed by atoms with Gasteiger partial charge in [-0.15, -0.1) is 0 Å². The monoisotopic (exact) mass is 178 g/mol. The van der Waals surface area contributed by atoms with Gasteiger partial charge in [-0.1, -0.05) is 12.2 Å². The molecule has 2 atom stereocenters. The van der Waals surface area contributed by atoms with Crippen molar-refractivity contribution in [3.8, 4) is 0 Å². The largest absolute Gasteiger partial charge is 0.235 e. The molecular formula is C9H10N2O2. The molecule has 0 radical (unpaired) electrons. The average Bonchev–Trinajstić information content (AvgIpc) is 2.10. The zero-order valence-corrected chi connectivity index (χ0v) is 7.36. The van der Waals surface area contributed by atoms with Gasteiger partial charge in [0.05, 0.1) is 6.04 Å². The van der Waals surface area contributed by atoms with E-state index in [4.69, 9.17) is 0 Å². The highest BCUT2D eigenvalue weighted by Crippen LogP contribution is 2.28. The molecular weight excluding hydrogens is 168 g/mol. The fourth-order valence-electron chi connectivity index (χ4n) is 1.45. The predicted molar refractivity (Wildman–Crippen MR) is 46.8 cm³/mol. The quantitative estimate of drug-likeness (QED) is 0.361. The molecule has 4 heteroatoms. The van der Waals surface area contributed by atoms with Gasteiger partial charge in [0.2, 0.25) is 12.2 Å². The van der Waals surface area contributed by atoms with Crippen LogP contribution in [0.15, 0.2) is 22.1 Å². The van der Waals surface area contributed by atoms with Crippen molar-refractivity contribution in [3.63, 3.8) is 0 Å². The summed E-state index contributed by atoms with van der Waals surface area (Å²) in [7, 11) is 0. The van der Waals surface area contributed by atoms with E-state index in [0.29, 0.717) is 6.42 Å². The first kappa shape index (κ1) is 9.59. The molecule has 13 heavy (non-hydrogen) atoms. The predicted octanol–water partition coefficient (Wildman–Crippen LogP) is 1.14. The average molecular weight is 178 g/mol. The first-order valence-electron chi connectivity index (χ1n) is 4.06. The molecule has 0 heterocycles. The Labute approximate surface area is 76.1 Å². The lowest BCUT2D eigenvalue weighted by molar-refractivity contribution is 0.414. The molecule has 0 aromatic carbocycles. The summed E-state index contributed by atoms with van der Waals surface area (Å²) in [6.07, 6.45) is 8.28. The van der Waals surface area contributed by atoms with Crippen molar-refractivity contribution in [2.45, 2.75) is 31.3 Å². The topological polar surface area (TPSA) is 58.9 Å². The molecule has 2 unspecified atom stereocenters. The van der Waals surface area contributed by atoms with Crippen molar-refractivity contribution < 1.29 is 9.59 Å². The van der Waals surface area contributed by atoms with Crippen molar-refractivity contribution in [1.82, 2.24) is 0 Å². The summed E-state index contributed by atoms with van der Waals surface area (Å²) in [6.45, 7) is 1.75. The van der Waals surface area contributed by atoms with Crippen molar-refractivity contribution in [2.24, 2.45) is 9.98 Å². The van der Waals surface area contributed by atoms with Gasteiger partial charge in [0.1, 0.15) is 5.54 Å². The van der Waals surface area contributed by atoms with Gasteiger partial charge in [0.15, 0.2) is 0 Å². The maximum atomic E-state index is 10.2. The van der Waals surface area contributed by atoms with Crippen LogP contribution in [-0.2, 0) is 9.59 Å². The van der Waals surface area contributed by atoms with Gasteiger partial charge in [-0.05, 0) is 19.8 Å². The number of nitrogens with zero attached hydrogens (tertiary/aromatic N) is 2. The lowest BCUT2D eigenvalue weighted by atomic mass is 9.85. The van der Waals surface area contributed by atoms with Crippen LogP contribution in [0.4, 0.5) is 0 Å². The molecule has 0 N–H and O–H groups in total. The Hall–Kier alpha value is -1.50. The minimum absolute atomic E-state index is 0.281. The molecule has 0 bridgehead atoms. The molecule has 0 saturated heterocycles. The van der Waals surface area contributed by atoms with E-state index in [1.165, 1.54) is 12.2 Å². The molecule has 0 fully saturated rings. The minimum atomic E-state index is -0.711. The Morgan fingerprint density at radius 3 is 2.85 bits per heavy atom. The van der Waals surface area contributed by atoms with Crippen LogP contribution in [0.25, 0.3) is 0 Å². The summed E-state index contributed by atoms with van der Waals surface area (Å²) in [4.78, 5) is 27.5. The van der Waals surface area contributed by atoms with E-state index in [1.807, 2.05) is 6.08 Å². The third-order valence-corrected chi connectivity index (χ3v) is 2.23. The van der Waals surface area contributed by atoms with Gasteiger partial charge in [0, 0.05) is 0 Å². The van der Waals surface area contributed by atoms with E-state index in [1.54, 1.807) is 13.0 Å². The minimum Gasteiger partial charge on any atom is -0.211 e. The summed E-state index contributed by atoms with van der Waals surface area (Å²) in [5.74, 6) is 0. The molecule has 0 aliphatic heterocycles. The second kappa shape index (κ2) is 3.94. The Bertz CT molecular complexity index is 312. The van der Waals surface area contributed by atoms with Gasteiger partial charge in [0.25, 0.3) is 0 Å². The van der Waals surface area contributed by atoms with Crippen molar-refractivity contribution in [1.29, 1.82) is 0 Å². The second-order valence-electron chi connectivity index (χ2n) is 3.14. The number of rotatable bonds is 2. The third-order valence-electron chi connectivity index (χ3n) is 2.23. The molecule has 1 aliphatic carbocycles. The van der Waals surface area contributed by atoms with Crippen LogP contribution in [0, 0.1) is 0 Å². The number of carbonyl (C=O) groups excluding carboxylic acids is 2. The summed E-state index contributed by atoms with van der Waals surface area (Å²) in [5.41, 5.74) is -0.711. The standard InChI is InChI=1S/C9H10N2O2/c1-9(11-7-13)5-3-2-4-8(9)10-6-12/h3,5,8H,2,4H2,1H3. The van der Waals surface area contributed by atoms with Crippen molar-refractivity contribution in [3.05, 3.63) is 12.2 Å². The fourth-order valence-corrected chi connectivity index (χ4v) is 1.45. The molecule has 4 nitrogen and oxygen atoms in total. The highest BCUT2D eigenvalue weighted by molar-refractivity contribution is 5.39. The van der Waals surface area contributed by atoms with Gasteiger partial charge in [-0.3, -0.25) is 0 Å². The summed E-state index contributed by atoms with van der Waals surface area (Å²) in [6, 6.07) is -0.281. The summed E-state index contributed by atoms with van der Waals surface area (Å²) in [5, 5.41) is 0. The molecule has 68 valence electrons. The number of hydrogen-bond acceptors (Lipinski definition) is 4. The zero-order valence-electron chi connectivity index (χ0n) is 7.36. The van der Waals surface area contributed by atoms with E-state index >= 15 is 0 Å². The van der Waals surface area contributed by atoms with Gasteiger partial charge >= 0.3 is 0 Å². The lowest BCUT2D eigenvalue weighted by Crippen LogP contribution is -2.36. The van der Waals surface area contributed by atoms with Crippen LogP contribution in [0.3, 0.4) is 0 Å². The van der Waals surface area contributed by atoms with Crippen molar-refractivity contribution >= 4 is 12.2 Å². The normalized spacial score (nSPS) is 31.6. The Balaban J connectivity index is 3.00. The van der Waals surface area contributed by atoms with Crippen LogP contribution >= 0.6 is 0 Å². The van der Waals surface area contributed by atoms with E-state index < -0.39 is 5.54 Å². The Morgan fingerprint density at radius 2 is 2.23 bits per heavy atom. The maximum Gasteiger partial charge on any atom is 0.235 e. The van der Waals surface area contributed by atoms with E-state index in [-0.39, 0.29) is 6.04 Å². The molecule has 0 spiro atoms. The molecule has 1 aliphatic rings. The maximum absolute atomic E-state index is 10.2. The van der Waals surface area contributed by atoms with E-state index in [9.17, 15) is 9.59 Å². The molecule has 0 amide bonds. The first-order valence-corrected chi connectivity index (χ1v) is 4.06. The third kappa shape index (κ3) is 2.00. The SMILES string of the molecule is CC1(N=C=O)C=CCCC1N=C=O. The molecule has 0 aromatic rings. The second-order valence-corrected chi connectivity index (χ2v) is 3.14. The van der Waals surface area contributed by atoms with Crippen LogP contribution in [-0.4, -0.2) is 23.7 Å². The van der Waals surface area contributed by atoms with Crippen LogP contribution < -0.4 is 0 Å². The molecule has 0 saturated carbocycles. The van der Waals surface area contributed by atoms with Crippen LogP contribution in [0.5, 0.6) is 0 Å². The summed E-state index contributed by atoms with van der Waals surface area (Å²) < 4.78 is 0.